The monoisotopic (exact) mass is 204 g/mol. The van der Waals surface area contributed by atoms with E-state index < -0.39 is 23.3 Å². The molecule has 0 spiro atoms. The molecule has 0 heterocycles. The van der Waals surface area contributed by atoms with Crippen molar-refractivity contribution in [2.45, 2.75) is 13.0 Å². The second-order valence-electron chi connectivity index (χ2n) is 2.51. The van der Waals surface area contributed by atoms with Crippen LogP contribution in [0.15, 0.2) is 24.3 Å². The Morgan fingerprint density at radius 2 is 2.31 bits per heavy atom. The predicted octanol–water partition coefficient (Wildman–Crippen LogP) is 2.04. The van der Waals surface area contributed by atoms with Crippen molar-refractivity contribution >= 4 is 11.4 Å². The largest absolute Gasteiger partial charge is 0.302 e. The van der Waals surface area contributed by atoms with Crippen LogP contribution in [0.3, 0.4) is 0 Å². The minimum Gasteiger partial charge on any atom is -0.284 e. The highest BCUT2D eigenvalue weighted by Crippen LogP contribution is 2.17. The maximum Gasteiger partial charge on any atom is 0.302 e. The lowest BCUT2D eigenvalue weighted by molar-refractivity contribution is 0.227. The molecule has 0 aliphatic carbocycles. The van der Waals surface area contributed by atoms with Gasteiger partial charge in [0.15, 0.2) is 0 Å². The molecule has 0 radical (unpaired) electrons. The summed E-state index contributed by atoms with van der Waals surface area (Å²) >= 11 is -2.33. The Labute approximate surface area is 78.0 Å². The van der Waals surface area contributed by atoms with Crippen LogP contribution in [-0.4, -0.2) is 8.76 Å². The average molecular weight is 204 g/mol. The van der Waals surface area contributed by atoms with Gasteiger partial charge in [0.25, 0.3) is 0 Å². The van der Waals surface area contributed by atoms with Gasteiger partial charge in [-0.05, 0) is 24.6 Å². The van der Waals surface area contributed by atoms with Gasteiger partial charge in [0, 0.05) is 0 Å². The van der Waals surface area contributed by atoms with Gasteiger partial charge in [0.1, 0.15) is 5.82 Å². The zero-order valence-electron chi connectivity index (χ0n) is 6.94. The minimum atomic E-state index is -2.33. The molecule has 0 aliphatic rings. The molecule has 0 bridgehead atoms. The van der Waals surface area contributed by atoms with Gasteiger partial charge in [0.2, 0.25) is 0 Å². The number of hydrogen-bond acceptors (Lipinski definition) is 2. The van der Waals surface area contributed by atoms with Crippen molar-refractivity contribution in [3.8, 4) is 0 Å². The van der Waals surface area contributed by atoms with Gasteiger partial charge in [-0.2, -0.15) is 4.21 Å². The van der Waals surface area contributed by atoms with Crippen molar-refractivity contribution in [1.29, 1.82) is 0 Å². The Hall–Kier alpha value is -0.780. The number of hydrogen-bond donors (Lipinski definition) is 1. The third kappa shape index (κ3) is 3.22. The first kappa shape index (κ1) is 10.3. The maximum atomic E-state index is 12.7. The summed E-state index contributed by atoms with van der Waals surface area (Å²) in [5.41, 5.74) is 0.530. The fraction of sp³-hybridized carbons (Fsp3) is 0.250. The van der Waals surface area contributed by atoms with E-state index in [-0.39, 0.29) is 0 Å². The zero-order valence-corrected chi connectivity index (χ0v) is 7.75. The molecule has 0 saturated heterocycles. The Morgan fingerprint density at radius 3 is 2.85 bits per heavy atom. The predicted molar refractivity (Wildman–Crippen MR) is 46.7 cm³/mol. The highest BCUT2D eigenvalue weighted by molar-refractivity contribution is 7.74. The summed E-state index contributed by atoms with van der Waals surface area (Å²) in [5, 5.41) is 0. The van der Waals surface area contributed by atoms with Gasteiger partial charge in [-0.3, -0.25) is 8.74 Å². The molecule has 3 nitrogen and oxygen atoms in total. The van der Waals surface area contributed by atoms with E-state index in [1.165, 1.54) is 18.2 Å². The summed E-state index contributed by atoms with van der Waals surface area (Å²) in [4.78, 5) is 0. The Kier molecular flexibility index (Phi) is 3.53. The second-order valence-corrected chi connectivity index (χ2v) is 3.14. The molecular formula is C8H9FO3S. The minimum absolute atomic E-state index is 0.392. The van der Waals surface area contributed by atoms with Crippen molar-refractivity contribution < 1.29 is 17.3 Å². The van der Waals surface area contributed by atoms with Crippen molar-refractivity contribution in [1.82, 2.24) is 0 Å². The van der Waals surface area contributed by atoms with Crippen LogP contribution < -0.4 is 0 Å². The molecule has 2 atom stereocenters. The molecule has 2 unspecified atom stereocenters. The SMILES string of the molecule is CC(OS(=O)O)c1cccc(F)c1. The first-order valence-corrected chi connectivity index (χ1v) is 4.66. The lowest BCUT2D eigenvalue weighted by Crippen LogP contribution is -2.02. The van der Waals surface area contributed by atoms with E-state index in [1.807, 2.05) is 0 Å². The topological polar surface area (TPSA) is 46.5 Å². The van der Waals surface area contributed by atoms with E-state index in [9.17, 15) is 8.60 Å². The van der Waals surface area contributed by atoms with Gasteiger partial charge in [-0.25, -0.2) is 4.39 Å². The van der Waals surface area contributed by atoms with Crippen molar-refractivity contribution in [3.63, 3.8) is 0 Å². The molecule has 5 heteroatoms. The highest BCUT2D eigenvalue weighted by Gasteiger charge is 2.09. The first-order valence-electron chi connectivity index (χ1n) is 3.63. The van der Waals surface area contributed by atoms with E-state index in [0.717, 1.165) is 0 Å². The summed E-state index contributed by atoms with van der Waals surface area (Å²) < 4.78 is 35.9. The Bertz CT molecular complexity index is 316. The van der Waals surface area contributed by atoms with Gasteiger partial charge in [-0.15, -0.1) is 0 Å². The van der Waals surface area contributed by atoms with Gasteiger partial charge >= 0.3 is 11.4 Å². The molecule has 0 saturated carbocycles. The van der Waals surface area contributed by atoms with E-state index in [2.05, 4.69) is 4.18 Å². The highest BCUT2D eigenvalue weighted by atomic mass is 32.2. The first-order chi connectivity index (χ1) is 6.09. The van der Waals surface area contributed by atoms with Crippen molar-refractivity contribution in [2.75, 3.05) is 0 Å². The molecule has 0 amide bonds. The van der Waals surface area contributed by atoms with Crippen LogP contribution in [0, 0.1) is 5.82 Å². The van der Waals surface area contributed by atoms with E-state index in [4.69, 9.17) is 4.55 Å². The van der Waals surface area contributed by atoms with Crippen LogP contribution in [0.5, 0.6) is 0 Å². The fourth-order valence-electron chi connectivity index (χ4n) is 0.938. The maximum absolute atomic E-state index is 12.7. The normalized spacial score (nSPS) is 15.3. The van der Waals surface area contributed by atoms with Crippen molar-refractivity contribution in [2.24, 2.45) is 0 Å². The molecule has 1 rings (SSSR count). The Morgan fingerprint density at radius 1 is 1.62 bits per heavy atom. The third-order valence-electron chi connectivity index (χ3n) is 1.54. The lowest BCUT2D eigenvalue weighted by Gasteiger charge is -2.08. The smallest absolute Gasteiger partial charge is 0.284 e. The summed E-state index contributed by atoms with van der Waals surface area (Å²) in [7, 11) is 0. The van der Waals surface area contributed by atoms with Crippen molar-refractivity contribution in [3.05, 3.63) is 35.6 Å². The quantitative estimate of drug-likeness (QED) is 0.766. The molecule has 0 aromatic heterocycles. The molecular weight excluding hydrogens is 195 g/mol. The standard InChI is InChI=1S/C8H9FO3S/c1-6(12-13(10)11)7-3-2-4-8(9)5-7/h2-6H,1H3,(H,10,11). The summed E-state index contributed by atoms with van der Waals surface area (Å²) in [5.74, 6) is -0.392. The van der Waals surface area contributed by atoms with Gasteiger partial charge < -0.3 is 0 Å². The Balaban J connectivity index is 2.76. The van der Waals surface area contributed by atoms with Crippen LogP contribution in [0.1, 0.15) is 18.6 Å². The molecule has 1 N–H and O–H groups in total. The third-order valence-corrected chi connectivity index (χ3v) is 2.00. The number of benzene rings is 1. The molecule has 1 aromatic rings. The second kappa shape index (κ2) is 4.45. The molecule has 13 heavy (non-hydrogen) atoms. The van der Waals surface area contributed by atoms with Gasteiger partial charge in [0.05, 0.1) is 6.10 Å². The average Bonchev–Trinajstić information content (AvgIpc) is 2.03. The van der Waals surface area contributed by atoms with E-state index in [1.54, 1.807) is 13.0 Å². The van der Waals surface area contributed by atoms with Crippen LogP contribution in [0.25, 0.3) is 0 Å². The van der Waals surface area contributed by atoms with Crippen LogP contribution in [0.4, 0.5) is 4.39 Å². The summed E-state index contributed by atoms with van der Waals surface area (Å²) in [6.45, 7) is 1.57. The number of halogens is 1. The molecule has 72 valence electrons. The summed E-state index contributed by atoms with van der Waals surface area (Å²) in [6.07, 6.45) is -0.596. The van der Waals surface area contributed by atoms with Crippen LogP contribution in [-0.2, 0) is 15.5 Å². The molecule has 0 aliphatic heterocycles. The van der Waals surface area contributed by atoms with E-state index in [0.29, 0.717) is 5.56 Å². The summed E-state index contributed by atoms with van der Waals surface area (Å²) in [6, 6.07) is 5.70. The zero-order chi connectivity index (χ0) is 9.84. The molecule has 1 aromatic carbocycles. The van der Waals surface area contributed by atoms with E-state index >= 15 is 0 Å². The van der Waals surface area contributed by atoms with Gasteiger partial charge in [-0.1, -0.05) is 12.1 Å². The van der Waals surface area contributed by atoms with Crippen LogP contribution >= 0.6 is 0 Å². The molecule has 0 fully saturated rings. The van der Waals surface area contributed by atoms with Crippen LogP contribution in [0.2, 0.25) is 0 Å². The fourth-order valence-corrected chi connectivity index (χ4v) is 1.30. The lowest BCUT2D eigenvalue weighted by atomic mass is 10.1. The number of rotatable bonds is 3.